The third-order valence-electron chi connectivity index (χ3n) is 3.17. The number of hydrogen-bond acceptors (Lipinski definition) is 4. The number of carbonyl (C=O) groups is 2. The van der Waals surface area contributed by atoms with Crippen LogP contribution < -0.4 is 16.4 Å². The van der Waals surface area contributed by atoms with Crippen molar-refractivity contribution in [3.8, 4) is 0 Å². The van der Waals surface area contributed by atoms with Gasteiger partial charge in [0.2, 0.25) is 11.8 Å². The molecule has 6 heteroatoms. The third kappa shape index (κ3) is 4.54. The molecule has 0 bridgehead atoms. The van der Waals surface area contributed by atoms with Crippen LogP contribution in [0.2, 0.25) is 0 Å². The Bertz CT molecular complexity index is 487. The molecule has 1 fully saturated rings. The van der Waals surface area contributed by atoms with Crippen molar-refractivity contribution in [2.75, 3.05) is 24.2 Å². The zero-order valence-corrected chi connectivity index (χ0v) is 12.0. The smallest absolute Gasteiger partial charge is 0.248 e. The number of rotatable bonds is 5. The minimum absolute atomic E-state index is 0.0462. The quantitative estimate of drug-likeness (QED) is 0.762. The molecular formula is C14H19N3O2S. The average Bonchev–Trinajstić information content (AvgIpc) is 2.46. The van der Waals surface area contributed by atoms with Crippen LogP contribution in [0.15, 0.2) is 24.3 Å². The van der Waals surface area contributed by atoms with E-state index >= 15 is 0 Å². The molecule has 2 rings (SSSR count). The van der Waals surface area contributed by atoms with Gasteiger partial charge in [0.25, 0.3) is 0 Å². The first kappa shape index (κ1) is 14.9. The summed E-state index contributed by atoms with van der Waals surface area (Å²) >= 11 is 1.69. The number of hydrogen-bond donors (Lipinski definition) is 3. The molecule has 1 aliphatic heterocycles. The first-order chi connectivity index (χ1) is 9.65. The average molecular weight is 293 g/mol. The summed E-state index contributed by atoms with van der Waals surface area (Å²) in [6.45, 7) is 2.06. The Hall–Kier alpha value is -1.53. The Morgan fingerprint density at radius 1 is 1.35 bits per heavy atom. The molecule has 1 saturated heterocycles. The predicted octanol–water partition coefficient (Wildman–Crippen LogP) is 1.21. The van der Waals surface area contributed by atoms with E-state index in [2.05, 4.69) is 10.6 Å². The molecule has 1 aromatic carbocycles. The van der Waals surface area contributed by atoms with Crippen molar-refractivity contribution in [3.63, 3.8) is 0 Å². The van der Waals surface area contributed by atoms with E-state index in [9.17, 15) is 9.59 Å². The van der Waals surface area contributed by atoms with E-state index in [4.69, 9.17) is 5.73 Å². The van der Waals surface area contributed by atoms with E-state index in [0.717, 1.165) is 25.9 Å². The molecule has 0 radical (unpaired) electrons. The second kappa shape index (κ2) is 7.31. The molecule has 1 aliphatic rings. The van der Waals surface area contributed by atoms with Crippen LogP contribution in [0.5, 0.6) is 0 Å². The number of anilines is 1. The molecule has 5 nitrogen and oxygen atoms in total. The van der Waals surface area contributed by atoms with Crippen molar-refractivity contribution in [1.29, 1.82) is 0 Å². The summed E-state index contributed by atoms with van der Waals surface area (Å²) < 4.78 is 0. The highest BCUT2D eigenvalue weighted by Crippen LogP contribution is 2.20. The topological polar surface area (TPSA) is 84.2 Å². The first-order valence-electron chi connectivity index (χ1n) is 6.67. The van der Waals surface area contributed by atoms with Crippen LogP contribution in [0.4, 0.5) is 5.69 Å². The van der Waals surface area contributed by atoms with Gasteiger partial charge in [-0.3, -0.25) is 9.59 Å². The molecule has 108 valence electrons. The number of nitrogens with one attached hydrogen (secondary N) is 2. The summed E-state index contributed by atoms with van der Waals surface area (Å²) in [6.07, 6.45) is 2.21. The summed E-state index contributed by atoms with van der Waals surface area (Å²) in [4.78, 5) is 22.9. The summed E-state index contributed by atoms with van der Waals surface area (Å²) in [5, 5.41) is 6.65. The molecule has 0 atom stereocenters. The molecule has 1 aromatic rings. The second-order valence-electron chi connectivity index (χ2n) is 4.75. The fraction of sp³-hybridized carbons (Fsp3) is 0.429. The van der Waals surface area contributed by atoms with Crippen LogP contribution >= 0.6 is 11.8 Å². The summed E-state index contributed by atoms with van der Waals surface area (Å²) in [5.41, 5.74) is 6.21. The Kier molecular flexibility index (Phi) is 5.43. The maximum absolute atomic E-state index is 11.9. The Balaban J connectivity index is 1.81. The van der Waals surface area contributed by atoms with Crippen LogP contribution in [-0.2, 0) is 4.79 Å². The zero-order valence-electron chi connectivity index (χ0n) is 11.2. The number of amides is 2. The Labute approximate surface area is 122 Å². The van der Waals surface area contributed by atoms with Crippen LogP contribution in [0.3, 0.4) is 0 Å². The number of primary amides is 1. The normalized spacial score (nSPS) is 15.8. The molecule has 0 aromatic heterocycles. The lowest BCUT2D eigenvalue weighted by Gasteiger charge is -2.21. The lowest BCUT2D eigenvalue weighted by Crippen LogP contribution is -2.30. The van der Waals surface area contributed by atoms with Crippen LogP contribution in [0.25, 0.3) is 0 Å². The van der Waals surface area contributed by atoms with Crippen molar-refractivity contribution in [2.45, 2.75) is 18.1 Å². The Morgan fingerprint density at radius 2 is 2.10 bits per heavy atom. The van der Waals surface area contributed by atoms with Gasteiger partial charge in [-0.1, -0.05) is 6.07 Å². The van der Waals surface area contributed by atoms with Crippen molar-refractivity contribution in [3.05, 3.63) is 29.8 Å². The summed E-state index contributed by atoms with van der Waals surface area (Å²) in [7, 11) is 0. The van der Waals surface area contributed by atoms with Crippen molar-refractivity contribution in [1.82, 2.24) is 5.32 Å². The van der Waals surface area contributed by atoms with E-state index in [1.807, 2.05) is 0 Å². The van der Waals surface area contributed by atoms with E-state index < -0.39 is 5.91 Å². The molecule has 0 unspecified atom stereocenters. The van der Waals surface area contributed by atoms with Crippen molar-refractivity contribution >= 4 is 29.3 Å². The highest BCUT2D eigenvalue weighted by Gasteiger charge is 2.15. The first-order valence-corrected chi connectivity index (χ1v) is 7.72. The summed E-state index contributed by atoms with van der Waals surface area (Å²) in [6, 6.07) is 6.67. The molecule has 0 spiro atoms. The number of piperidine rings is 1. The highest BCUT2D eigenvalue weighted by atomic mass is 32.2. The van der Waals surface area contributed by atoms with E-state index in [1.165, 1.54) is 0 Å². The van der Waals surface area contributed by atoms with Gasteiger partial charge < -0.3 is 16.4 Å². The van der Waals surface area contributed by atoms with Gasteiger partial charge in [-0.25, -0.2) is 0 Å². The number of nitrogens with two attached hydrogens (primary N) is 1. The van der Waals surface area contributed by atoms with Gasteiger partial charge in [0.15, 0.2) is 0 Å². The predicted molar refractivity (Wildman–Crippen MR) is 81.9 cm³/mol. The van der Waals surface area contributed by atoms with Gasteiger partial charge in [0, 0.05) is 16.5 Å². The Morgan fingerprint density at radius 3 is 2.80 bits per heavy atom. The molecular weight excluding hydrogens is 274 g/mol. The largest absolute Gasteiger partial charge is 0.366 e. The molecule has 0 aliphatic carbocycles. The van der Waals surface area contributed by atoms with Crippen LogP contribution in [0, 0.1) is 0 Å². The zero-order chi connectivity index (χ0) is 14.4. The van der Waals surface area contributed by atoms with Crippen LogP contribution in [0.1, 0.15) is 23.2 Å². The maximum Gasteiger partial charge on any atom is 0.248 e. The highest BCUT2D eigenvalue weighted by molar-refractivity contribution is 8.00. The fourth-order valence-corrected chi connectivity index (χ4v) is 3.13. The monoisotopic (exact) mass is 293 g/mol. The molecule has 1 heterocycles. The molecule has 2 amide bonds. The lowest BCUT2D eigenvalue weighted by molar-refractivity contribution is -0.113. The fourth-order valence-electron chi connectivity index (χ4n) is 2.10. The minimum Gasteiger partial charge on any atom is -0.366 e. The minimum atomic E-state index is -0.495. The lowest BCUT2D eigenvalue weighted by atomic mass is 10.2. The standard InChI is InChI=1S/C14H19N3O2S/c15-14(19)10-2-1-3-11(8-10)17-13(18)9-20-12-4-6-16-7-5-12/h1-3,8,12,16H,4-7,9H2,(H2,15,19)(H,17,18). The van der Waals surface area contributed by atoms with Gasteiger partial charge in [0.1, 0.15) is 0 Å². The molecule has 4 N–H and O–H groups in total. The third-order valence-corrected chi connectivity index (χ3v) is 4.54. The van der Waals surface area contributed by atoms with Gasteiger partial charge in [-0.05, 0) is 44.1 Å². The van der Waals surface area contributed by atoms with Gasteiger partial charge >= 0.3 is 0 Å². The SMILES string of the molecule is NC(=O)c1cccc(NC(=O)CSC2CCNCC2)c1. The summed E-state index contributed by atoms with van der Waals surface area (Å²) in [5.74, 6) is -0.105. The van der Waals surface area contributed by atoms with E-state index in [0.29, 0.717) is 22.3 Å². The van der Waals surface area contributed by atoms with Crippen molar-refractivity contribution < 1.29 is 9.59 Å². The van der Waals surface area contributed by atoms with Gasteiger partial charge in [0.05, 0.1) is 5.75 Å². The van der Waals surface area contributed by atoms with Crippen molar-refractivity contribution in [2.24, 2.45) is 5.73 Å². The molecule has 0 saturated carbocycles. The van der Waals surface area contributed by atoms with Gasteiger partial charge in [-0.2, -0.15) is 0 Å². The second-order valence-corrected chi connectivity index (χ2v) is 6.04. The van der Waals surface area contributed by atoms with Gasteiger partial charge in [-0.15, -0.1) is 11.8 Å². The van der Waals surface area contributed by atoms with Crippen LogP contribution in [-0.4, -0.2) is 35.9 Å². The number of carbonyl (C=O) groups excluding carboxylic acids is 2. The van der Waals surface area contributed by atoms with E-state index in [1.54, 1.807) is 36.0 Å². The van der Waals surface area contributed by atoms with E-state index in [-0.39, 0.29) is 5.91 Å². The molecule has 20 heavy (non-hydrogen) atoms. The number of benzene rings is 1. The maximum atomic E-state index is 11.9. The number of thioether (sulfide) groups is 1.